The molecule has 0 spiro atoms. The number of halogens is 2. The number of rotatable bonds is 12. The normalized spacial score (nSPS) is 13.0. The van der Waals surface area contributed by atoms with Crippen LogP contribution in [0.2, 0.25) is 0 Å². The lowest BCUT2D eigenvalue weighted by Crippen LogP contribution is -2.14. The average molecular weight is 1200 g/mol. The van der Waals surface area contributed by atoms with E-state index in [9.17, 15) is 10.2 Å². The van der Waals surface area contributed by atoms with Gasteiger partial charge in [0.2, 0.25) is 11.5 Å². The highest BCUT2D eigenvalue weighted by atomic mass is 19.1. The Balaban J connectivity index is 1.09. The van der Waals surface area contributed by atoms with Crippen LogP contribution in [0.5, 0.6) is 23.0 Å². The average Bonchev–Trinajstić information content (AvgIpc) is 1.76. The molecule has 0 saturated carbocycles. The molecule has 468 valence electrons. The van der Waals surface area contributed by atoms with Crippen LogP contribution < -0.4 is 0 Å². The first-order valence-corrected chi connectivity index (χ1v) is 31.9. The molecule has 0 unspecified atom stereocenters. The van der Waals surface area contributed by atoms with Gasteiger partial charge >= 0.3 is 0 Å². The Labute approximate surface area is 529 Å². The summed E-state index contributed by atoms with van der Waals surface area (Å²) in [6.45, 7) is 44.2. The summed E-state index contributed by atoms with van der Waals surface area (Å²) in [6, 6.07) is 41.1. The van der Waals surface area contributed by atoms with E-state index >= 15 is 8.78 Å². The first-order valence-electron chi connectivity index (χ1n) is 31.9. The number of aryl methyl sites for hydroxylation is 2. The molecular weight excluding hydrogens is 1100 g/mol. The van der Waals surface area contributed by atoms with E-state index in [4.69, 9.17) is 0 Å². The van der Waals surface area contributed by atoms with Crippen molar-refractivity contribution in [2.75, 3.05) is 13.2 Å². The van der Waals surface area contributed by atoms with Gasteiger partial charge in [-0.2, -0.15) is 0 Å². The summed E-state index contributed by atoms with van der Waals surface area (Å²) >= 11 is 0. The lowest BCUT2D eigenvalue weighted by Gasteiger charge is -2.35. The van der Waals surface area contributed by atoms with Gasteiger partial charge in [-0.1, -0.05) is 187 Å². The lowest BCUT2D eigenvalue weighted by molar-refractivity contribution is -0.0173. The van der Waals surface area contributed by atoms with Crippen LogP contribution in [0.1, 0.15) is 189 Å². The molecule has 8 aromatic carbocycles. The van der Waals surface area contributed by atoms with E-state index in [1.807, 2.05) is 26.0 Å². The fraction of sp³-hybridized carbons (Fsp3) is 0.383. The largest absolute Gasteiger partial charge is 0.711 e. The highest BCUT2D eigenvalue weighted by molar-refractivity contribution is 6.11. The first-order chi connectivity index (χ1) is 41.3. The van der Waals surface area contributed by atoms with Crippen LogP contribution >= 0.6 is 0 Å². The minimum atomic E-state index is -0.418. The number of nitrogens with zero attached hydrogens (tertiary/aromatic N) is 2. The Morgan fingerprint density at radius 1 is 0.360 bits per heavy atom. The highest BCUT2D eigenvalue weighted by Gasteiger charge is 2.32. The molecule has 89 heavy (non-hydrogen) atoms. The Kier molecular flexibility index (Phi) is 16.4. The minimum absolute atomic E-state index is 0.0295. The van der Waals surface area contributed by atoms with Crippen LogP contribution in [0, 0.1) is 25.9 Å². The van der Waals surface area contributed by atoms with Crippen LogP contribution in [0.4, 0.5) is 8.78 Å². The zero-order valence-corrected chi connectivity index (χ0v) is 56.9. The quantitative estimate of drug-likeness (QED) is 0.0946. The summed E-state index contributed by atoms with van der Waals surface area (Å²) in [5, 5.41) is 30.7. The topological polar surface area (TPSA) is 55.7 Å². The molecule has 0 aliphatic carbocycles. The van der Waals surface area contributed by atoms with Gasteiger partial charge in [0.05, 0.1) is 44.6 Å². The molecule has 8 heteroatoms. The predicted molar refractivity (Wildman–Crippen MR) is 373 cm³/mol. The maximum absolute atomic E-state index is 16.4. The molecule has 0 aliphatic heterocycles. The second-order valence-electron chi connectivity index (χ2n) is 31.2. The summed E-state index contributed by atoms with van der Waals surface area (Å²) in [5.74, 6) is 0.493. The van der Waals surface area contributed by atoms with Crippen molar-refractivity contribution in [1.29, 1.82) is 0 Å². The van der Waals surface area contributed by atoms with Crippen molar-refractivity contribution < 1.29 is 27.7 Å². The number of phenols is 2. The highest BCUT2D eigenvalue weighted by Crippen LogP contribution is 2.52. The Morgan fingerprint density at radius 2 is 0.629 bits per heavy atom. The third-order valence-electron chi connectivity index (χ3n) is 18.4. The summed E-state index contributed by atoms with van der Waals surface area (Å²) < 4.78 is 43.4. The summed E-state index contributed by atoms with van der Waals surface area (Å²) in [6.07, 6.45) is 1.45. The third-order valence-corrected chi connectivity index (χ3v) is 18.4. The molecular formula is C81H96F2N2O4. The van der Waals surface area contributed by atoms with Crippen LogP contribution in [0.15, 0.2) is 121 Å². The zero-order valence-electron chi connectivity index (χ0n) is 56.9. The van der Waals surface area contributed by atoms with Gasteiger partial charge in [0.15, 0.2) is 13.2 Å². The number of phenolic OH excluding ortho intramolecular Hbond substituents is 2. The van der Waals surface area contributed by atoms with Crippen LogP contribution in [-0.2, 0) is 54.1 Å². The van der Waals surface area contributed by atoms with Crippen molar-refractivity contribution in [2.45, 2.75) is 190 Å². The van der Waals surface area contributed by atoms with Crippen LogP contribution in [0.25, 0.3) is 77.2 Å². The molecule has 6 nitrogen and oxygen atoms in total. The van der Waals surface area contributed by atoms with Gasteiger partial charge in [0.25, 0.3) is 0 Å². The number of hydrogen-bond donors (Lipinski definition) is 2. The summed E-state index contributed by atoms with van der Waals surface area (Å²) in [7, 11) is 9.20. The Hall–Kier alpha value is -7.58. The molecule has 2 aromatic heterocycles. The maximum Gasteiger partial charge on any atom is 0.238 e. The molecule has 0 aliphatic rings. The lowest BCUT2D eigenvalue weighted by atomic mass is 9.84. The third kappa shape index (κ3) is 12.1. The molecule has 0 radical (unpaired) electrons. The minimum Gasteiger partial charge on any atom is -0.711 e. The van der Waals surface area contributed by atoms with Crippen molar-refractivity contribution in [2.24, 2.45) is 0 Å². The van der Waals surface area contributed by atoms with E-state index < -0.39 is 11.6 Å². The Bertz CT molecular complexity index is 3970. The van der Waals surface area contributed by atoms with E-state index in [0.29, 0.717) is 88.7 Å². The van der Waals surface area contributed by atoms with E-state index in [2.05, 4.69) is 242 Å². The number of benzene rings is 8. The van der Waals surface area contributed by atoms with Gasteiger partial charge in [0.1, 0.15) is 29.6 Å². The standard InChI is InChI=1S/C81H96F2N2O4/c1-23-48-36-56(82)46-64(62-38-54(80(15,16)17)44-70(72(62)86)84-66-40-50(76(3,4)5)26-30-58(66)59-31-27-51(41-67(59)84)77(6,7)8)74(48)88(21)34-25-35-89(22)75-49(24-2)37-57(83)47-65(75)63-39-55(81(18,19)20)45-71(73(63)87)85-68-42-52(78(9,10)11)28-32-60(68)61-33-29-53(43-69(61)85)79(12,13)14/h26-33,36-47,86-87H,21-25,34-35H2,1-20H3. The predicted octanol–water partition coefficient (Wildman–Crippen LogP) is 23.0. The fourth-order valence-corrected chi connectivity index (χ4v) is 12.8. The van der Waals surface area contributed by atoms with E-state index in [-0.39, 0.29) is 44.0 Å². The number of aromatic nitrogens is 2. The van der Waals surface area contributed by atoms with Crippen LogP contribution in [-0.4, -0.2) is 32.6 Å². The molecule has 0 atom stereocenters. The number of aromatic hydroxyl groups is 2. The number of hydrogen-bond acceptors (Lipinski definition) is 2. The van der Waals surface area contributed by atoms with Crippen molar-refractivity contribution in [1.82, 2.24) is 9.13 Å². The first kappa shape index (κ1) is 64.4. The maximum atomic E-state index is 16.4. The smallest absolute Gasteiger partial charge is 0.238 e. The monoisotopic (exact) mass is 1200 g/mol. The van der Waals surface area contributed by atoms with E-state index in [0.717, 1.165) is 54.7 Å². The van der Waals surface area contributed by atoms with Crippen LogP contribution in [0.3, 0.4) is 0 Å². The number of fused-ring (bicyclic) bond motifs is 6. The summed E-state index contributed by atoms with van der Waals surface area (Å²) in [5.41, 5.74) is 13.8. The van der Waals surface area contributed by atoms with Crippen molar-refractivity contribution in [3.8, 4) is 56.6 Å². The molecule has 0 fully saturated rings. The van der Waals surface area contributed by atoms with Gasteiger partial charge in [0, 0.05) is 43.8 Å². The van der Waals surface area contributed by atoms with Crippen molar-refractivity contribution in [3.05, 3.63) is 192 Å². The second-order valence-corrected chi connectivity index (χ2v) is 31.2. The molecule has 0 bridgehead atoms. The Morgan fingerprint density at radius 3 is 0.876 bits per heavy atom. The van der Waals surface area contributed by atoms with E-state index in [1.54, 1.807) is 12.1 Å². The van der Waals surface area contributed by atoms with E-state index in [1.165, 1.54) is 34.4 Å². The molecule has 0 saturated heterocycles. The molecule has 10 rings (SSSR count). The second kappa shape index (κ2) is 22.7. The van der Waals surface area contributed by atoms with Gasteiger partial charge in [-0.3, -0.25) is 0 Å². The molecule has 0 amide bonds. The molecule has 2 N–H and O–H groups in total. The SMILES string of the molecule is [CH2-][O+](CCC[O+]([CH2-])c1c(CC)cc(F)cc1-c1cc(C(C)(C)C)cc(-n2c3cc(C(C)(C)C)ccc3c3ccc(C(C)(C)C)cc32)c1O)c1c(CC)cc(F)cc1-c1cc(C(C)(C)C)cc(-n2c3cc(C(C)(C)C)ccc3c3ccc(C(C)(C)C)cc32)c1O. The fourth-order valence-electron chi connectivity index (χ4n) is 12.8. The van der Waals surface area contributed by atoms with Gasteiger partial charge in [-0.15, -0.1) is 0 Å². The van der Waals surface area contributed by atoms with Crippen molar-refractivity contribution in [3.63, 3.8) is 0 Å². The van der Waals surface area contributed by atoms with Crippen molar-refractivity contribution >= 4 is 43.6 Å². The zero-order chi connectivity index (χ0) is 65.2. The van der Waals surface area contributed by atoms with Gasteiger partial charge < -0.3 is 28.1 Å². The molecule has 10 aromatic rings. The summed E-state index contributed by atoms with van der Waals surface area (Å²) in [4.78, 5) is 0. The van der Waals surface area contributed by atoms with Gasteiger partial charge in [-0.05, 0) is 166 Å². The van der Waals surface area contributed by atoms with Gasteiger partial charge in [-0.25, -0.2) is 8.78 Å². The molecule has 2 heterocycles.